The van der Waals surface area contributed by atoms with Crippen LogP contribution in [0.4, 0.5) is 5.69 Å². The van der Waals surface area contributed by atoms with E-state index < -0.39 is 5.97 Å². The van der Waals surface area contributed by atoms with Crippen LogP contribution in [0, 0.1) is 0 Å². The zero-order chi connectivity index (χ0) is 15.5. The summed E-state index contributed by atoms with van der Waals surface area (Å²) in [5.74, 6) is -0.729. The number of nitrogens with one attached hydrogen (secondary N) is 1. The monoisotopic (exact) mass is 295 g/mol. The van der Waals surface area contributed by atoms with Crippen LogP contribution < -0.4 is 5.32 Å². The van der Waals surface area contributed by atoms with E-state index in [1.54, 1.807) is 34.9 Å². The van der Waals surface area contributed by atoms with Crippen LogP contribution in [0.25, 0.3) is 5.65 Å². The van der Waals surface area contributed by atoms with Crippen molar-refractivity contribution in [3.05, 3.63) is 66.1 Å². The highest BCUT2D eigenvalue weighted by atomic mass is 16.5. The topological polar surface area (TPSA) is 72.7 Å². The summed E-state index contributed by atoms with van der Waals surface area (Å²) < 4.78 is 6.39. The van der Waals surface area contributed by atoms with Gasteiger partial charge in [-0.15, -0.1) is 0 Å². The van der Waals surface area contributed by atoms with E-state index in [0.29, 0.717) is 22.6 Å². The first-order chi connectivity index (χ1) is 10.7. The number of hydrogen-bond acceptors (Lipinski definition) is 4. The summed E-state index contributed by atoms with van der Waals surface area (Å²) >= 11 is 0. The highest BCUT2D eigenvalue weighted by Crippen LogP contribution is 2.12. The number of esters is 1. The van der Waals surface area contributed by atoms with Crippen molar-refractivity contribution < 1.29 is 14.3 Å². The summed E-state index contributed by atoms with van der Waals surface area (Å²) in [7, 11) is 1.32. The Labute approximate surface area is 126 Å². The third-order valence-corrected chi connectivity index (χ3v) is 3.16. The molecule has 2 heterocycles. The van der Waals surface area contributed by atoms with E-state index in [9.17, 15) is 9.59 Å². The van der Waals surface area contributed by atoms with E-state index in [1.165, 1.54) is 7.11 Å². The molecule has 110 valence electrons. The molecule has 3 aromatic rings. The molecule has 0 atom stereocenters. The highest BCUT2D eigenvalue weighted by Gasteiger charge is 2.11. The lowest BCUT2D eigenvalue weighted by Crippen LogP contribution is -2.12. The van der Waals surface area contributed by atoms with Gasteiger partial charge in [0, 0.05) is 18.1 Å². The standard InChI is InChI=1S/C16H13N3O3/c1-22-16(21)11-5-7-12(8-6-11)17-15(20)13-10-19-9-3-2-4-14(19)18-13/h2-10H,1H3,(H,17,20). The number of fused-ring (bicyclic) bond motifs is 1. The van der Waals surface area contributed by atoms with Crippen LogP contribution in [-0.4, -0.2) is 28.4 Å². The van der Waals surface area contributed by atoms with Gasteiger partial charge in [-0.2, -0.15) is 0 Å². The average Bonchev–Trinajstić information content (AvgIpc) is 2.99. The average molecular weight is 295 g/mol. The number of hydrogen-bond donors (Lipinski definition) is 1. The van der Waals surface area contributed by atoms with Gasteiger partial charge in [0.15, 0.2) is 0 Å². The van der Waals surface area contributed by atoms with Crippen molar-refractivity contribution >= 4 is 23.2 Å². The molecule has 0 saturated heterocycles. The molecule has 0 aliphatic heterocycles. The van der Waals surface area contributed by atoms with Gasteiger partial charge in [-0.05, 0) is 36.4 Å². The van der Waals surface area contributed by atoms with Crippen LogP contribution in [0.15, 0.2) is 54.9 Å². The van der Waals surface area contributed by atoms with E-state index in [0.717, 1.165) is 0 Å². The summed E-state index contributed by atoms with van der Waals surface area (Å²) in [4.78, 5) is 27.8. The number of benzene rings is 1. The third-order valence-electron chi connectivity index (χ3n) is 3.16. The normalized spacial score (nSPS) is 10.4. The lowest BCUT2D eigenvalue weighted by atomic mass is 10.2. The molecule has 0 saturated carbocycles. The Kier molecular flexibility index (Phi) is 3.57. The Morgan fingerprint density at radius 1 is 1.14 bits per heavy atom. The Balaban J connectivity index is 1.77. The predicted molar refractivity (Wildman–Crippen MR) is 80.9 cm³/mol. The number of rotatable bonds is 3. The van der Waals surface area contributed by atoms with Gasteiger partial charge in [-0.25, -0.2) is 9.78 Å². The minimum Gasteiger partial charge on any atom is -0.465 e. The molecule has 1 N–H and O–H groups in total. The van der Waals surface area contributed by atoms with Gasteiger partial charge >= 0.3 is 5.97 Å². The number of carbonyl (C=O) groups is 2. The van der Waals surface area contributed by atoms with Crippen LogP contribution >= 0.6 is 0 Å². The summed E-state index contributed by atoms with van der Waals surface area (Å²) in [5, 5.41) is 2.74. The molecular weight excluding hydrogens is 282 g/mol. The molecule has 0 bridgehead atoms. The number of pyridine rings is 1. The fraction of sp³-hybridized carbons (Fsp3) is 0.0625. The minimum atomic E-state index is -0.418. The molecule has 3 rings (SSSR count). The summed E-state index contributed by atoms with van der Waals surface area (Å²) in [6.45, 7) is 0. The lowest BCUT2D eigenvalue weighted by Gasteiger charge is -2.04. The largest absolute Gasteiger partial charge is 0.465 e. The SMILES string of the molecule is COC(=O)c1ccc(NC(=O)c2cn3ccccc3n2)cc1. The number of anilines is 1. The molecule has 0 fully saturated rings. The molecule has 6 heteroatoms. The van der Waals surface area contributed by atoms with Crippen LogP contribution in [0.1, 0.15) is 20.8 Å². The predicted octanol–water partition coefficient (Wildman–Crippen LogP) is 2.37. The molecule has 0 aliphatic carbocycles. The maximum atomic E-state index is 12.2. The number of nitrogens with zero attached hydrogens (tertiary/aromatic N) is 2. The van der Waals surface area contributed by atoms with Crippen molar-refractivity contribution in [3.63, 3.8) is 0 Å². The third kappa shape index (κ3) is 2.67. The van der Waals surface area contributed by atoms with Gasteiger partial charge in [-0.1, -0.05) is 6.07 Å². The zero-order valence-electron chi connectivity index (χ0n) is 11.8. The number of carbonyl (C=O) groups excluding carboxylic acids is 2. The van der Waals surface area contributed by atoms with Crippen molar-refractivity contribution in [1.82, 2.24) is 9.38 Å². The smallest absolute Gasteiger partial charge is 0.337 e. The number of aromatic nitrogens is 2. The van der Waals surface area contributed by atoms with E-state index in [4.69, 9.17) is 0 Å². The van der Waals surface area contributed by atoms with Gasteiger partial charge in [-0.3, -0.25) is 4.79 Å². The van der Waals surface area contributed by atoms with Crippen molar-refractivity contribution in [2.45, 2.75) is 0 Å². The van der Waals surface area contributed by atoms with Crippen molar-refractivity contribution in [2.24, 2.45) is 0 Å². The first-order valence-corrected chi connectivity index (χ1v) is 6.61. The van der Waals surface area contributed by atoms with Gasteiger partial charge in [0.2, 0.25) is 0 Å². The summed E-state index contributed by atoms with van der Waals surface area (Å²) in [6.07, 6.45) is 3.48. The van der Waals surface area contributed by atoms with E-state index >= 15 is 0 Å². The Bertz CT molecular complexity index is 804. The Morgan fingerprint density at radius 2 is 1.91 bits per heavy atom. The highest BCUT2D eigenvalue weighted by molar-refractivity contribution is 6.03. The van der Waals surface area contributed by atoms with E-state index in [1.807, 2.05) is 24.4 Å². The van der Waals surface area contributed by atoms with E-state index in [2.05, 4.69) is 15.0 Å². The molecule has 0 spiro atoms. The maximum Gasteiger partial charge on any atom is 0.337 e. The number of imidazole rings is 1. The quantitative estimate of drug-likeness (QED) is 0.753. The second kappa shape index (κ2) is 5.69. The molecule has 2 aromatic heterocycles. The first-order valence-electron chi connectivity index (χ1n) is 6.61. The molecule has 22 heavy (non-hydrogen) atoms. The summed E-state index contributed by atoms with van der Waals surface area (Å²) in [5.41, 5.74) is 2.03. The second-order valence-corrected chi connectivity index (χ2v) is 4.62. The number of amides is 1. The number of methoxy groups -OCH3 is 1. The Hall–Kier alpha value is -3.15. The van der Waals surface area contributed by atoms with Gasteiger partial charge in [0.05, 0.1) is 12.7 Å². The fourth-order valence-electron chi connectivity index (χ4n) is 2.05. The van der Waals surface area contributed by atoms with Crippen molar-refractivity contribution in [1.29, 1.82) is 0 Å². The Morgan fingerprint density at radius 3 is 2.59 bits per heavy atom. The van der Waals surface area contributed by atoms with Crippen molar-refractivity contribution in [2.75, 3.05) is 12.4 Å². The van der Waals surface area contributed by atoms with Gasteiger partial charge < -0.3 is 14.5 Å². The molecule has 6 nitrogen and oxygen atoms in total. The molecule has 0 radical (unpaired) electrons. The molecule has 1 aromatic carbocycles. The molecule has 0 unspecified atom stereocenters. The number of ether oxygens (including phenoxy) is 1. The fourth-order valence-corrected chi connectivity index (χ4v) is 2.05. The van der Waals surface area contributed by atoms with Gasteiger partial charge in [0.1, 0.15) is 11.3 Å². The second-order valence-electron chi connectivity index (χ2n) is 4.62. The van der Waals surface area contributed by atoms with Gasteiger partial charge in [0.25, 0.3) is 5.91 Å². The van der Waals surface area contributed by atoms with Crippen LogP contribution in [0.5, 0.6) is 0 Å². The zero-order valence-corrected chi connectivity index (χ0v) is 11.8. The molecule has 0 aliphatic rings. The minimum absolute atomic E-state index is 0.311. The van der Waals surface area contributed by atoms with E-state index in [-0.39, 0.29) is 5.91 Å². The summed E-state index contributed by atoms with van der Waals surface area (Å²) in [6, 6.07) is 12.0. The van der Waals surface area contributed by atoms with Crippen LogP contribution in [-0.2, 0) is 4.74 Å². The van der Waals surface area contributed by atoms with Crippen LogP contribution in [0.3, 0.4) is 0 Å². The lowest BCUT2D eigenvalue weighted by molar-refractivity contribution is 0.0600. The van der Waals surface area contributed by atoms with Crippen LogP contribution in [0.2, 0.25) is 0 Å². The van der Waals surface area contributed by atoms with Crippen molar-refractivity contribution in [3.8, 4) is 0 Å². The maximum absolute atomic E-state index is 12.2. The molecular formula is C16H13N3O3. The first kappa shape index (κ1) is 13.8. The molecule has 1 amide bonds.